The van der Waals surface area contributed by atoms with Crippen molar-refractivity contribution in [1.82, 2.24) is 14.1 Å². The SMILES string of the molecule is c1ccc(-n2c3ccccc3c3ccc(N(c4cc5c6ccccc6n(-c6ccccc6)c5c5ccccc45)c4cccc5nc(-c6ccc7ccccc7c6)oc45)cc32)cc1. The van der Waals surface area contributed by atoms with Crippen LogP contribution in [-0.2, 0) is 0 Å². The highest BCUT2D eigenvalue weighted by atomic mass is 16.3. The molecule has 0 fully saturated rings. The first kappa shape index (κ1) is 34.5. The van der Waals surface area contributed by atoms with Crippen molar-refractivity contribution < 1.29 is 4.42 Å². The number of rotatable bonds is 6. The molecule has 0 aliphatic carbocycles. The molecule has 0 saturated heterocycles. The zero-order chi connectivity index (χ0) is 40.7. The second-order valence-electron chi connectivity index (χ2n) is 16.0. The monoisotopic (exact) mass is 792 g/mol. The summed E-state index contributed by atoms with van der Waals surface area (Å²) in [5, 5.41) is 9.36. The Balaban J connectivity index is 1.13. The Hall–Kier alpha value is -8.41. The number of para-hydroxylation sites is 5. The van der Waals surface area contributed by atoms with Gasteiger partial charge >= 0.3 is 0 Å². The molecule has 0 bridgehead atoms. The topological polar surface area (TPSA) is 39.1 Å². The quantitative estimate of drug-likeness (QED) is 0.168. The first-order valence-electron chi connectivity index (χ1n) is 21.0. The highest BCUT2D eigenvalue weighted by molar-refractivity contribution is 6.23. The lowest BCUT2D eigenvalue weighted by Gasteiger charge is -2.27. The number of oxazole rings is 1. The van der Waals surface area contributed by atoms with E-state index >= 15 is 0 Å². The molecule has 0 amide bonds. The third-order valence-electron chi connectivity index (χ3n) is 12.5. The van der Waals surface area contributed by atoms with E-state index in [2.05, 4.69) is 232 Å². The van der Waals surface area contributed by atoms with E-state index in [1.54, 1.807) is 0 Å². The maximum absolute atomic E-state index is 6.96. The van der Waals surface area contributed by atoms with Crippen molar-refractivity contribution >= 4 is 93.3 Å². The minimum Gasteiger partial charge on any atom is -0.434 e. The first-order chi connectivity index (χ1) is 30.8. The summed E-state index contributed by atoms with van der Waals surface area (Å²) < 4.78 is 11.8. The molecule has 3 aromatic heterocycles. The molecule has 0 radical (unpaired) electrons. The van der Waals surface area contributed by atoms with Crippen molar-refractivity contribution in [2.45, 2.75) is 0 Å². The smallest absolute Gasteiger partial charge is 0.227 e. The van der Waals surface area contributed by atoms with Crippen molar-refractivity contribution in [1.29, 1.82) is 0 Å². The zero-order valence-corrected chi connectivity index (χ0v) is 33.5. The van der Waals surface area contributed by atoms with Gasteiger partial charge in [-0.15, -0.1) is 0 Å². The Kier molecular flexibility index (Phi) is 7.54. The molecule has 0 saturated carbocycles. The number of anilines is 3. The predicted octanol–water partition coefficient (Wildman–Crippen LogP) is 15.5. The van der Waals surface area contributed by atoms with Gasteiger partial charge in [0.25, 0.3) is 0 Å². The fourth-order valence-corrected chi connectivity index (χ4v) is 9.75. The van der Waals surface area contributed by atoms with Crippen LogP contribution in [0.4, 0.5) is 17.1 Å². The lowest BCUT2D eigenvalue weighted by atomic mass is 10.0. The van der Waals surface area contributed by atoms with Gasteiger partial charge in [-0.1, -0.05) is 140 Å². The van der Waals surface area contributed by atoms with Gasteiger partial charge in [0.1, 0.15) is 5.52 Å². The summed E-state index contributed by atoms with van der Waals surface area (Å²) in [6.07, 6.45) is 0. The molecule has 0 atom stereocenters. The van der Waals surface area contributed by atoms with Crippen LogP contribution in [0.2, 0.25) is 0 Å². The van der Waals surface area contributed by atoms with Crippen LogP contribution in [0.5, 0.6) is 0 Å². The number of hydrogen-bond acceptors (Lipinski definition) is 3. The van der Waals surface area contributed by atoms with E-state index in [4.69, 9.17) is 9.40 Å². The van der Waals surface area contributed by atoms with E-state index in [9.17, 15) is 0 Å². The fraction of sp³-hybridized carbons (Fsp3) is 0. The van der Waals surface area contributed by atoms with Crippen molar-refractivity contribution in [3.05, 3.63) is 218 Å². The Morgan fingerprint density at radius 2 is 1.00 bits per heavy atom. The second kappa shape index (κ2) is 13.6. The van der Waals surface area contributed by atoms with Gasteiger partial charge in [0.05, 0.1) is 33.4 Å². The molecule has 5 heteroatoms. The average molecular weight is 793 g/mol. The van der Waals surface area contributed by atoms with Crippen molar-refractivity contribution in [2.75, 3.05) is 4.90 Å². The highest BCUT2D eigenvalue weighted by Gasteiger charge is 2.26. The summed E-state index contributed by atoms with van der Waals surface area (Å²) in [6.45, 7) is 0. The summed E-state index contributed by atoms with van der Waals surface area (Å²) in [6, 6.07) is 78.0. The van der Waals surface area contributed by atoms with Gasteiger partial charge in [0.15, 0.2) is 5.58 Å². The second-order valence-corrected chi connectivity index (χ2v) is 16.0. The maximum Gasteiger partial charge on any atom is 0.227 e. The van der Waals surface area contributed by atoms with Gasteiger partial charge in [-0.05, 0) is 89.6 Å². The Morgan fingerprint density at radius 3 is 1.77 bits per heavy atom. The van der Waals surface area contributed by atoms with Gasteiger partial charge in [0, 0.05) is 54.9 Å². The molecule has 0 spiro atoms. The molecule has 10 aromatic carbocycles. The molecule has 0 aliphatic rings. The predicted molar refractivity (Wildman–Crippen MR) is 258 cm³/mol. The van der Waals surface area contributed by atoms with Gasteiger partial charge < -0.3 is 18.5 Å². The standard InChI is InChI=1S/C57H36N4O/c1-3-18-40(19-4-1)59-50-27-13-11-22-43(50)46-33-32-42(35-53(46)59)60(52-29-15-26-49-56(52)62-57(58-49)39-31-30-37-16-7-8-17-38(37)34-39)54-36-48-45-24-12-14-28-51(45)61(41-20-5-2-6-21-41)55(48)47-25-10-9-23-44(47)54/h1-36H. The van der Waals surface area contributed by atoms with Crippen molar-refractivity contribution in [3.63, 3.8) is 0 Å². The molecule has 0 unspecified atom stereocenters. The molecule has 0 aliphatic heterocycles. The Morgan fingerprint density at radius 1 is 0.387 bits per heavy atom. The van der Waals surface area contributed by atoms with Crippen LogP contribution >= 0.6 is 0 Å². The van der Waals surface area contributed by atoms with Gasteiger partial charge in [-0.2, -0.15) is 0 Å². The minimum atomic E-state index is 0.587. The Labute approximate surface area is 356 Å². The lowest BCUT2D eigenvalue weighted by Crippen LogP contribution is -2.11. The normalized spacial score (nSPS) is 11.9. The van der Waals surface area contributed by atoms with E-state index < -0.39 is 0 Å². The molecular weight excluding hydrogens is 757 g/mol. The molecular formula is C57H36N4O. The minimum absolute atomic E-state index is 0.587. The number of fused-ring (bicyclic) bond motifs is 10. The summed E-state index contributed by atoms with van der Waals surface area (Å²) >= 11 is 0. The van der Waals surface area contributed by atoms with Gasteiger partial charge in [-0.25, -0.2) is 4.98 Å². The largest absolute Gasteiger partial charge is 0.434 e. The molecule has 0 N–H and O–H groups in total. The van der Waals surface area contributed by atoms with Gasteiger partial charge in [-0.3, -0.25) is 0 Å². The lowest BCUT2D eigenvalue weighted by molar-refractivity contribution is 0.620. The molecule has 290 valence electrons. The molecule has 5 nitrogen and oxygen atoms in total. The van der Waals surface area contributed by atoms with Crippen molar-refractivity contribution in [2.24, 2.45) is 0 Å². The fourth-order valence-electron chi connectivity index (χ4n) is 9.75. The Bertz CT molecular complexity index is 3880. The highest BCUT2D eigenvalue weighted by Crippen LogP contribution is 2.48. The number of hydrogen-bond donors (Lipinski definition) is 0. The number of nitrogens with zero attached hydrogens (tertiary/aromatic N) is 4. The summed E-state index contributed by atoms with van der Waals surface area (Å²) in [5.41, 5.74) is 12.3. The number of aromatic nitrogens is 3. The molecule has 13 aromatic rings. The van der Waals surface area contributed by atoms with Crippen LogP contribution in [0.15, 0.2) is 223 Å². The van der Waals surface area contributed by atoms with Crippen LogP contribution in [0, 0.1) is 0 Å². The van der Waals surface area contributed by atoms with E-state index in [0.29, 0.717) is 5.89 Å². The van der Waals surface area contributed by atoms with Crippen LogP contribution in [-0.4, -0.2) is 14.1 Å². The van der Waals surface area contributed by atoms with E-state index in [-0.39, 0.29) is 0 Å². The number of benzene rings is 10. The van der Waals surface area contributed by atoms with Crippen LogP contribution in [0.25, 0.3) is 99.1 Å². The zero-order valence-electron chi connectivity index (χ0n) is 33.5. The summed E-state index contributed by atoms with van der Waals surface area (Å²) in [4.78, 5) is 7.53. The maximum atomic E-state index is 6.96. The van der Waals surface area contributed by atoms with E-state index in [1.807, 2.05) is 0 Å². The molecule has 3 heterocycles. The molecule has 62 heavy (non-hydrogen) atoms. The average Bonchev–Trinajstić information content (AvgIpc) is 4.03. The van der Waals surface area contributed by atoms with Crippen LogP contribution in [0.3, 0.4) is 0 Å². The van der Waals surface area contributed by atoms with E-state index in [1.165, 1.54) is 32.4 Å². The van der Waals surface area contributed by atoms with Crippen LogP contribution in [0.1, 0.15) is 0 Å². The molecule has 13 rings (SSSR count). The van der Waals surface area contributed by atoms with Gasteiger partial charge in [0.2, 0.25) is 5.89 Å². The third kappa shape index (κ3) is 5.18. The third-order valence-corrected chi connectivity index (χ3v) is 12.5. The van der Waals surface area contributed by atoms with Crippen molar-refractivity contribution in [3.8, 4) is 22.8 Å². The summed E-state index contributed by atoms with van der Waals surface area (Å²) in [5.74, 6) is 0.587. The summed E-state index contributed by atoms with van der Waals surface area (Å²) in [7, 11) is 0. The van der Waals surface area contributed by atoms with E-state index in [0.717, 1.165) is 77.8 Å². The first-order valence-corrected chi connectivity index (χ1v) is 21.0. The van der Waals surface area contributed by atoms with Crippen LogP contribution < -0.4 is 4.90 Å².